The SMILES string of the molecule is COC(=O)c1cccc(COc2c(-c3ccc(OCCOCCn4cc(CCCc5cn(CCOCCOc6ccc(-c7oc8ccccc8c(=O)c7OCc7cccc(C(=O)OC)c7)cc6)nn5)nn4)cc3)oc3ccccc3c2=O)c1. The van der Waals surface area contributed by atoms with E-state index < -0.39 is 11.9 Å². The number of benzene rings is 6. The molecule has 0 aliphatic carbocycles. The number of methoxy groups -OCH3 is 2. The van der Waals surface area contributed by atoms with Gasteiger partial charge in [-0.2, -0.15) is 0 Å². The molecule has 0 N–H and O–H groups in total. The van der Waals surface area contributed by atoms with Crippen molar-refractivity contribution in [2.24, 2.45) is 0 Å². The lowest BCUT2D eigenvalue weighted by Crippen LogP contribution is -2.12. The van der Waals surface area contributed by atoms with Crippen LogP contribution in [-0.4, -0.2) is 95.8 Å². The molecule has 83 heavy (non-hydrogen) atoms. The largest absolute Gasteiger partial charge is 0.491 e. The van der Waals surface area contributed by atoms with Gasteiger partial charge in [-0.1, -0.05) is 59.0 Å². The first-order chi connectivity index (χ1) is 40.7. The van der Waals surface area contributed by atoms with Gasteiger partial charge in [-0.05, 0) is 127 Å². The number of ether oxygens (including phenoxy) is 8. The lowest BCUT2D eigenvalue weighted by molar-refractivity contribution is 0.0591. The van der Waals surface area contributed by atoms with Gasteiger partial charge in [0, 0.05) is 23.5 Å². The molecule has 4 aromatic heterocycles. The third-order valence-corrected chi connectivity index (χ3v) is 13.2. The lowest BCUT2D eigenvalue weighted by atomic mass is 10.1. The van der Waals surface area contributed by atoms with Gasteiger partial charge in [-0.25, -0.2) is 19.0 Å². The Morgan fingerprint density at radius 1 is 0.482 bits per heavy atom. The maximum atomic E-state index is 13.7. The lowest BCUT2D eigenvalue weighted by Gasteiger charge is -2.13. The van der Waals surface area contributed by atoms with Gasteiger partial charge in [0.05, 0.1) is 87.0 Å². The van der Waals surface area contributed by atoms with Gasteiger partial charge >= 0.3 is 11.9 Å². The van der Waals surface area contributed by atoms with Crippen LogP contribution in [-0.2, 0) is 58.1 Å². The maximum Gasteiger partial charge on any atom is 0.337 e. The van der Waals surface area contributed by atoms with Crippen molar-refractivity contribution in [1.29, 1.82) is 0 Å². The van der Waals surface area contributed by atoms with E-state index in [-0.39, 0.29) is 47.1 Å². The minimum Gasteiger partial charge on any atom is -0.491 e. The number of aromatic nitrogens is 6. The fourth-order valence-corrected chi connectivity index (χ4v) is 8.95. The molecule has 0 fully saturated rings. The van der Waals surface area contributed by atoms with Crippen molar-refractivity contribution < 1.29 is 56.3 Å². The second-order valence-electron chi connectivity index (χ2n) is 18.9. The Balaban J connectivity index is 0.606. The minimum atomic E-state index is -0.468. The first kappa shape index (κ1) is 56.4. The van der Waals surface area contributed by atoms with Crippen LogP contribution in [0.1, 0.15) is 49.7 Å². The fourth-order valence-electron chi connectivity index (χ4n) is 8.95. The summed E-state index contributed by atoms with van der Waals surface area (Å²) in [7, 11) is 2.64. The highest BCUT2D eigenvalue weighted by Crippen LogP contribution is 2.34. The number of carbonyl (C=O) groups excluding carboxylic acids is 2. The van der Waals surface area contributed by atoms with Crippen LogP contribution in [0, 0.1) is 0 Å². The Morgan fingerprint density at radius 2 is 0.916 bits per heavy atom. The zero-order valence-electron chi connectivity index (χ0n) is 45.6. The van der Waals surface area contributed by atoms with E-state index >= 15 is 0 Å². The van der Waals surface area contributed by atoms with Crippen molar-refractivity contribution in [1.82, 2.24) is 30.0 Å². The van der Waals surface area contributed by atoms with Gasteiger partial charge in [0.15, 0.2) is 11.5 Å². The van der Waals surface area contributed by atoms with E-state index in [2.05, 4.69) is 20.6 Å². The number of carbonyl (C=O) groups is 2. The van der Waals surface area contributed by atoms with Crippen molar-refractivity contribution in [3.63, 3.8) is 0 Å². The van der Waals surface area contributed by atoms with E-state index in [1.807, 2.05) is 12.4 Å². The molecule has 0 atom stereocenters. The first-order valence-electron chi connectivity index (χ1n) is 26.8. The summed E-state index contributed by atoms with van der Waals surface area (Å²) in [4.78, 5) is 51.5. The van der Waals surface area contributed by atoms with E-state index in [1.165, 1.54) is 14.2 Å². The molecular formula is C63H58N6O14. The summed E-state index contributed by atoms with van der Waals surface area (Å²) in [5.74, 6) is 0.948. The highest BCUT2D eigenvalue weighted by molar-refractivity contribution is 5.90. The number of hydrogen-bond acceptors (Lipinski definition) is 18. The highest BCUT2D eigenvalue weighted by atomic mass is 16.5. The molecule has 0 spiro atoms. The van der Waals surface area contributed by atoms with E-state index in [4.69, 9.17) is 46.7 Å². The molecule has 0 aliphatic heterocycles. The van der Waals surface area contributed by atoms with Crippen molar-refractivity contribution in [3.8, 4) is 45.6 Å². The van der Waals surface area contributed by atoms with Gasteiger partial charge in [0.2, 0.25) is 22.4 Å². The predicted octanol–water partition coefficient (Wildman–Crippen LogP) is 9.51. The fraction of sp³-hybridized carbons (Fsp3) is 0.238. The molecule has 20 nitrogen and oxygen atoms in total. The zero-order valence-corrected chi connectivity index (χ0v) is 45.6. The summed E-state index contributed by atoms with van der Waals surface area (Å²) in [6.45, 7) is 3.29. The van der Waals surface area contributed by atoms with Crippen LogP contribution in [0.5, 0.6) is 23.0 Å². The average Bonchev–Trinajstić information content (AvgIpc) is 4.31. The molecule has 10 rings (SSSR count). The summed E-state index contributed by atoms with van der Waals surface area (Å²) in [6, 6.07) is 42.0. The van der Waals surface area contributed by atoms with Crippen molar-refractivity contribution in [3.05, 3.63) is 212 Å². The highest BCUT2D eigenvalue weighted by Gasteiger charge is 2.21. The number of esters is 2. The van der Waals surface area contributed by atoms with Gasteiger partial charge in [0.25, 0.3) is 0 Å². The number of para-hydroxylation sites is 2. The van der Waals surface area contributed by atoms with Crippen LogP contribution < -0.4 is 29.8 Å². The topological polar surface area (TPSA) is 230 Å². The Morgan fingerprint density at radius 3 is 1.35 bits per heavy atom. The number of hydrogen-bond donors (Lipinski definition) is 0. The third-order valence-electron chi connectivity index (χ3n) is 13.2. The van der Waals surface area contributed by atoms with Gasteiger partial charge in [-0.15, -0.1) is 10.2 Å². The van der Waals surface area contributed by atoms with Gasteiger partial charge < -0.3 is 46.7 Å². The Bertz CT molecular complexity index is 3690. The van der Waals surface area contributed by atoms with Crippen LogP contribution in [0.2, 0.25) is 0 Å². The molecule has 0 saturated carbocycles. The van der Waals surface area contributed by atoms with Crippen molar-refractivity contribution >= 4 is 33.9 Å². The summed E-state index contributed by atoms with van der Waals surface area (Å²) in [5, 5.41) is 17.9. The molecule has 0 aliphatic rings. The summed E-state index contributed by atoms with van der Waals surface area (Å²) >= 11 is 0. The molecule has 0 radical (unpaired) electrons. The molecule has 4 heterocycles. The second kappa shape index (κ2) is 27.5. The maximum absolute atomic E-state index is 13.7. The smallest absolute Gasteiger partial charge is 0.337 e. The summed E-state index contributed by atoms with van der Waals surface area (Å²) in [5.41, 5.74) is 5.34. The van der Waals surface area contributed by atoms with E-state index in [0.717, 1.165) is 30.7 Å². The second-order valence-corrected chi connectivity index (χ2v) is 18.9. The molecule has 20 heteroatoms. The summed E-state index contributed by atoms with van der Waals surface area (Å²) < 4.78 is 61.4. The van der Waals surface area contributed by atoms with Crippen LogP contribution in [0.15, 0.2) is 176 Å². The predicted molar refractivity (Wildman–Crippen MR) is 305 cm³/mol. The Kier molecular flexibility index (Phi) is 18.7. The molecule has 6 aromatic carbocycles. The van der Waals surface area contributed by atoms with Crippen molar-refractivity contribution in [2.75, 3.05) is 53.9 Å². The quantitative estimate of drug-likeness (QED) is 0.0328. The summed E-state index contributed by atoms with van der Waals surface area (Å²) in [6.07, 6.45) is 6.12. The van der Waals surface area contributed by atoms with E-state index in [1.54, 1.807) is 155 Å². The molecule has 0 amide bonds. The molecule has 0 saturated heterocycles. The van der Waals surface area contributed by atoms with Crippen LogP contribution >= 0.6 is 0 Å². The standard InChI is InChI=1S/C63H58N6O14/c1-74-62(72)46-12-7-10-42(36-46)40-80-60-56(70)52-16-3-5-18-54(52)82-58(60)44-20-24-50(25-21-44)78-34-32-76-30-28-68-38-48(64-66-68)14-9-15-49-39-69(67-65-49)29-31-77-33-35-79-51-26-22-45(23-27-51)59-61(57(71)53-17-4-6-19-55(53)83-59)81-41-43-11-8-13-47(37-43)63(73)75-2/h3-8,10-13,16-27,36-39H,9,14-15,28-35,40-41H2,1-2H3. The van der Waals surface area contributed by atoms with Crippen LogP contribution in [0.4, 0.5) is 0 Å². The molecular weight excluding hydrogens is 1060 g/mol. The number of fused-ring (bicyclic) bond motifs is 2. The monoisotopic (exact) mass is 1120 g/mol. The molecule has 10 aromatic rings. The van der Waals surface area contributed by atoms with Crippen LogP contribution in [0.3, 0.4) is 0 Å². The average molecular weight is 1120 g/mol. The van der Waals surface area contributed by atoms with Gasteiger partial charge in [-0.3, -0.25) is 9.59 Å². The van der Waals surface area contributed by atoms with Crippen molar-refractivity contribution in [2.45, 2.75) is 45.6 Å². The third kappa shape index (κ3) is 14.5. The molecule has 0 bridgehead atoms. The molecule has 0 unspecified atom stereocenters. The van der Waals surface area contributed by atoms with Crippen LogP contribution in [0.25, 0.3) is 44.6 Å². The first-order valence-corrected chi connectivity index (χ1v) is 26.8. The Hall–Kier alpha value is -9.92. The minimum absolute atomic E-state index is 0.0244. The molecule has 424 valence electrons. The number of aryl methyl sites for hydroxylation is 2. The Labute approximate surface area is 475 Å². The van der Waals surface area contributed by atoms with E-state index in [9.17, 15) is 19.2 Å². The number of nitrogens with zero attached hydrogens (tertiary/aromatic N) is 6. The van der Waals surface area contributed by atoms with E-state index in [0.29, 0.717) is 120 Å². The normalized spacial score (nSPS) is 11.2. The zero-order chi connectivity index (χ0) is 57.3. The number of rotatable bonds is 28. The van der Waals surface area contributed by atoms with Gasteiger partial charge in [0.1, 0.15) is 49.1 Å².